The summed E-state index contributed by atoms with van der Waals surface area (Å²) in [7, 11) is 0. The van der Waals surface area contributed by atoms with E-state index in [-0.39, 0.29) is 36.2 Å². The number of hydrogen-bond donors (Lipinski definition) is 1. The molecule has 0 unspecified atom stereocenters. The molecule has 1 aromatic rings. The molecule has 0 spiro atoms. The van der Waals surface area contributed by atoms with Crippen molar-refractivity contribution in [2.45, 2.75) is 50.2 Å². The molecule has 0 aliphatic carbocycles. The highest BCUT2D eigenvalue weighted by Crippen LogP contribution is 2.22. The van der Waals surface area contributed by atoms with Gasteiger partial charge in [-0.2, -0.15) is 0 Å². The topological polar surface area (TPSA) is 107 Å². The highest BCUT2D eigenvalue weighted by molar-refractivity contribution is 8.01. The third kappa shape index (κ3) is 8.88. The molecule has 30 heavy (non-hydrogen) atoms. The van der Waals surface area contributed by atoms with Crippen LogP contribution in [-0.2, 0) is 30.2 Å². The SMILES string of the molecule is CCOC(=O)Cc1csc(SCC(=O)NC[C@H]2CN(C(=O)OC(C)(C)C)CCO2)n1. The lowest BCUT2D eigenvalue weighted by molar-refractivity contribution is -0.142. The summed E-state index contributed by atoms with van der Waals surface area (Å²) in [5, 5.41) is 4.62. The normalized spacial score (nSPS) is 16.8. The van der Waals surface area contributed by atoms with Gasteiger partial charge in [0.1, 0.15) is 5.60 Å². The van der Waals surface area contributed by atoms with Gasteiger partial charge in [0, 0.05) is 18.5 Å². The molecule has 2 heterocycles. The van der Waals surface area contributed by atoms with E-state index in [1.54, 1.807) is 17.2 Å². The van der Waals surface area contributed by atoms with Gasteiger partial charge < -0.3 is 24.4 Å². The first kappa shape index (κ1) is 24.4. The molecule has 0 aromatic carbocycles. The number of nitrogens with one attached hydrogen (secondary N) is 1. The third-order valence-corrected chi connectivity index (χ3v) is 5.88. The predicted octanol–water partition coefficient (Wildman–Crippen LogP) is 2.09. The smallest absolute Gasteiger partial charge is 0.410 e. The Bertz CT molecular complexity index is 734. The highest BCUT2D eigenvalue weighted by Gasteiger charge is 2.28. The van der Waals surface area contributed by atoms with E-state index in [1.807, 2.05) is 20.8 Å². The molecule has 11 heteroatoms. The van der Waals surface area contributed by atoms with E-state index in [4.69, 9.17) is 14.2 Å². The van der Waals surface area contributed by atoms with Gasteiger partial charge in [-0.3, -0.25) is 9.59 Å². The number of esters is 1. The van der Waals surface area contributed by atoms with Crippen LogP contribution in [0, 0.1) is 0 Å². The van der Waals surface area contributed by atoms with Gasteiger partial charge in [0.15, 0.2) is 4.34 Å². The number of carbonyl (C=O) groups excluding carboxylic acids is 3. The number of ether oxygens (including phenoxy) is 3. The molecule has 168 valence electrons. The number of aromatic nitrogens is 1. The Morgan fingerprint density at radius 1 is 1.40 bits per heavy atom. The molecule has 1 aromatic heterocycles. The van der Waals surface area contributed by atoms with Crippen molar-refractivity contribution in [2.24, 2.45) is 0 Å². The van der Waals surface area contributed by atoms with Gasteiger partial charge in [-0.25, -0.2) is 9.78 Å². The Morgan fingerprint density at radius 2 is 2.17 bits per heavy atom. The lowest BCUT2D eigenvalue weighted by Crippen LogP contribution is -2.50. The third-order valence-electron chi connectivity index (χ3n) is 3.81. The first-order valence-electron chi connectivity index (χ1n) is 9.75. The second-order valence-electron chi connectivity index (χ2n) is 7.60. The second kappa shape index (κ2) is 11.5. The van der Waals surface area contributed by atoms with Crippen LogP contribution < -0.4 is 5.32 Å². The van der Waals surface area contributed by atoms with Gasteiger partial charge in [-0.15, -0.1) is 11.3 Å². The summed E-state index contributed by atoms with van der Waals surface area (Å²) in [6.07, 6.45) is -0.527. The van der Waals surface area contributed by atoms with Crippen molar-refractivity contribution in [2.75, 3.05) is 38.6 Å². The zero-order chi connectivity index (χ0) is 22.1. The number of amides is 2. The largest absolute Gasteiger partial charge is 0.466 e. The summed E-state index contributed by atoms with van der Waals surface area (Å²) in [5.41, 5.74) is 0.0849. The summed E-state index contributed by atoms with van der Waals surface area (Å²) in [5.74, 6) is -0.264. The Balaban J connectivity index is 1.70. The van der Waals surface area contributed by atoms with Gasteiger partial charge in [-0.05, 0) is 27.7 Å². The molecule has 1 fully saturated rings. The van der Waals surface area contributed by atoms with Crippen LogP contribution in [0.3, 0.4) is 0 Å². The van der Waals surface area contributed by atoms with Gasteiger partial charge >= 0.3 is 12.1 Å². The van der Waals surface area contributed by atoms with Crippen molar-refractivity contribution in [1.82, 2.24) is 15.2 Å². The number of morpholine rings is 1. The summed E-state index contributed by atoms with van der Waals surface area (Å²) in [6, 6.07) is 0. The molecule has 1 aliphatic heterocycles. The molecule has 9 nitrogen and oxygen atoms in total. The quantitative estimate of drug-likeness (QED) is 0.465. The number of rotatable bonds is 8. The van der Waals surface area contributed by atoms with Crippen molar-refractivity contribution < 1.29 is 28.6 Å². The second-order valence-corrected chi connectivity index (χ2v) is 9.68. The summed E-state index contributed by atoms with van der Waals surface area (Å²) in [6.45, 7) is 9.10. The van der Waals surface area contributed by atoms with Gasteiger partial charge in [-0.1, -0.05) is 11.8 Å². The minimum Gasteiger partial charge on any atom is -0.466 e. The van der Waals surface area contributed by atoms with Crippen molar-refractivity contribution in [3.05, 3.63) is 11.1 Å². The molecule has 1 N–H and O–H groups in total. The first-order valence-corrected chi connectivity index (χ1v) is 11.6. The Labute approximate surface area is 184 Å². The number of thiazole rings is 1. The maximum Gasteiger partial charge on any atom is 0.410 e. The van der Waals surface area contributed by atoms with Crippen LogP contribution in [0.1, 0.15) is 33.4 Å². The molecule has 1 aliphatic rings. The lowest BCUT2D eigenvalue weighted by atomic mass is 10.2. The summed E-state index contributed by atoms with van der Waals surface area (Å²) in [4.78, 5) is 41.7. The fourth-order valence-corrected chi connectivity index (χ4v) is 4.21. The summed E-state index contributed by atoms with van der Waals surface area (Å²) < 4.78 is 16.6. The van der Waals surface area contributed by atoms with E-state index in [1.165, 1.54) is 23.1 Å². The Kier molecular flexibility index (Phi) is 9.37. The average molecular weight is 460 g/mol. The van der Waals surface area contributed by atoms with Crippen molar-refractivity contribution in [3.8, 4) is 0 Å². The maximum absolute atomic E-state index is 12.2. The van der Waals surface area contributed by atoms with E-state index in [0.717, 1.165) is 4.34 Å². The minimum absolute atomic E-state index is 0.129. The molecule has 2 amide bonds. The van der Waals surface area contributed by atoms with Crippen molar-refractivity contribution in [3.63, 3.8) is 0 Å². The number of thioether (sulfide) groups is 1. The van der Waals surface area contributed by atoms with E-state index in [0.29, 0.717) is 38.5 Å². The predicted molar refractivity (Wildman–Crippen MR) is 114 cm³/mol. The van der Waals surface area contributed by atoms with Crippen LogP contribution >= 0.6 is 23.1 Å². The molecule has 0 bridgehead atoms. The lowest BCUT2D eigenvalue weighted by Gasteiger charge is -2.34. The van der Waals surface area contributed by atoms with Gasteiger partial charge in [0.05, 0.1) is 43.7 Å². The minimum atomic E-state index is -0.553. The fourth-order valence-electron chi connectivity index (χ4n) is 2.54. The maximum atomic E-state index is 12.2. The number of nitrogens with zero attached hydrogens (tertiary/aromatic N) is 2. The van der Waals surface area contributed by atoms with Crippen LogP contribution in [0.2, 0.25) is 0 Å². The molecule has 2 rings (SSSR count). The Hall–Kier alpha value is -1.85. The zero-order valence-electron chi connectivity index (χ0n) is 17.8. The number of hydrogen-bond acceptors (Lipinski definition) is 9. The highest BCUT2D eigenvalue weighted by atomic mass is 32.2. The van der Waals surface area contributed by atoms with Crippen LogP contribution in [0.15, 0.2) is 9.72 Å². The van der Waals surface area contributed by atoms with E-state index < -0.39 is 5.60 Å². The summed E-state index contributed by atoms with van der Waals surface area (Å²) >= 11 is 2.69. The first-order chi connectivity index (χ1) is 14.2. The fraction of sp³-hybridized carbons (Fsp3) is 0.684. The van der Waals surface area contributed by atoms with Crippen molar-refractivity contribution in [1.29, 1.82) is 0 Å². The van der Waals surface area contributed by atoms with Gasteiger partial charge in [0.25, 0.3) is 0 Å². The van der Waals surface area contributed by atoms with E-state index >= 15 is 0 Å². The Morgan fingerprint density at radius 3 is 2.87 bits per heavy atom. The monoisotopic (exact) mass is 459 g/mol. The van der Waals surface area contributed by atoms with Crippen LogP contribution in [0.5, 0.6) is 0 Å². The van der Waals surface area contributed by atoms with Crippen LogP contribution in [-0.4, -0.2) is 78.2 Å². The average Bonchev–Trinajstić information content (AvgIpc) is 3.11. The van der Waals surface area contributed by atoms with Gasteiger partial charge in [0.2, 0.25) is 5.91 Å². The molecule has 0 saturated carbocycles. The van der Waals surface area contributed by atoms with E-state index in [2.05, 4.69) is 10.3 Å². The standard InChI is InChI=1S/C19H29N3O6S2/c1-5-26-16(24)8-13-11-29-17(21-13)30-12-15(23)20-9-14-10-22(6-7-27-14)18(25)28-19(2,3)4/h11,14H,5-10,12H2,1-4H3,(H,20,23)/t14-/m0/s1. The molecular weight excluding hydrogens is 430 g/mol. The zero-order valence-corrected chi connectivity index (χ0v) is 19.4. The van der Waals surface area contributed by atoms with E-state index in [9.17, 15) is 14.4 Å². The number of carbonyl (C=O) groups is 3. The van der Waals surface area contributed by atoms with Crippen LogP contribution in [0.4, 0.5) is 4.79 Å². The molecule has 1 atom stereocenters. The molecule has 0 radical (unpaired) electrons. The van der Waals surface area contributed by atoms with Crippen molar-refractivity contribution >= 4 is 41.1 Å². The molecule has 1 saturated heterocycles. The molecular formula is C19H29N3O6S2. The van der Waals surface area contributed by atoms with Crippen LogP contribution in [0.25, 0.3) is 0 Å².